The number of hydrogen-bond acceptors (Lipinski definition) is 6. The molecule has 1 aromatic rings. The molecule has 1 aromatic carbocycles. The van der Waals surface area contributed by atoms with Crippen molar-refractivity contribution in [3.8, 4) is 0 Å². The quantitative estimate of drug-likeness (QED) is 0.359. The maximum Gasteiger partial charge on any atom is 0.549 e. The fourth-order valence-corrected chi connectivity index (χ4v) is 3.05. The van der Waals surface area contributed by atoms with E-state index in [-0.39, 0.29) is 4.90 Å². The van der Waals surface area contributed by atoms with E-state index >= 15 is 0 Å². The first kappa shape index (κ1) is 19.6. The molecule has 13 heteroatoms. The van der Waals surface area contributed by atoms with Crippen LogP contribution in [-0.2, 0) is 24.3 Å². The van der Waals surface area contributed by atoms with Crippen LogP contribution in [0.3, 0.4) is 0 Å². The van der Waals surface area contributed by atoms with Crippen molar-refractivity contribution < 1.29 is 38.7 Å². The van der Waals surface area contributed by atoms with Gasteiger partial charge in [0.2, 0.25) is 0 Å². The van der Waals surface area contributed by atoms with Crippen LogP contribution >= 0.6 is 22.6 Å². The molecule has 1 N–H and O–H groups in total. The smallest absolute Gasteiger partial charge is 0.549 e. The summed E-state index contributed by atoms with van der Waals surface area (Å²) in [6, 6.07) is 5.31. The summed E-state index contributed by atoms with van der Waals surface area (Å²) in [6.07, 6.45) is 0. The normalized spacial score (nSPS) is 14.8. The molecule has 22 heavy (non-hydrogen) atoms. The Morgan fingerprint density at radius 3 is 2.09 bits per heavy atom. The molecular formula is C9H9F3INO6S2. The van der Waals surface area contributed by atoms with Gasteiger partial charge in [0.15, 0.2) is 0 Å². The van der Waals surface area contributed by atoms with Gasteiger partial charge in [0.25, 0.3) is 10.1 Å². The Bertz CT molecular complexity index is 717. The van der Waals surface area contributed by atoms with E-state index in [9.17, 15) is 35.2 Å². The second kappa shape index (κ2) is 6.96. The zero-order valence-electron chi connectivity index (χ0n) is 10.5. The van der Waals surface area contributed by atoms with E-state index in [1.807, 2.05) is 22.6 Å². The lowest BCUT2D eigenvalue weighted by atomic mass is 10.4. The van der Waals surface area contributed by atoms with Crippen LogP contribution in [0.4, 0.5) is 13.2 Å². The Morgan fingerprint density at radius 1 is 1.14 bits per heavy atom. The highest BCUT2D eigenvalue weighted by atomic mass is 127. The van der Waals surface area contributed by atoms with Gasteiger partial charge in [-0.15, -0.1) is 0 Å². The fourth-order valence-electron chi connectivity index (χ4n) is 1.17. The van der Waals surface area contributed by atoms with Gasteiger partial charge in [0.05, 0.1) is 4.90 Å². The van der Waals surface area contributed by atoms with Crippen LogP contribution in [0, 0.1) is 8.78 Å². The zero-order chi connectivity index (χ0) is 17.2. The van der Waals surface area contributed by atoms with Crippen LogP contribution in [0.5, 0.6) is 0 Å². The maximum atomic E-state index is 12.1. The molecule has 1 rings (SSSR count). The second-order valence-corrected chi connectivity index (χ2v) is 8.59. The number of quaternary nitrogens is 1. The van der Waals surface area contributed by atoms with Crippen molar-refractivity contribution in [2.75, 3.05) is 13.2 Å². The van der Waals surface area contributed by atoms with Gasteiger partial charge in [-0.2, -0.15) is 30.0 Å². The number of alkyl halides is 3. The number of nitrogens with one attached hydrogen (secondary N) is 1. The number of hydroxylamine groups is 1. The molecule has 0 saturated carbocycles. The van der Waals surface area contributed by atoms with Gasteiger partial charge in [-0.3, -0.25) is 8.65 Å². The van der Waals surface area contributed by atoms with Gasteiger partial charge in [0, 0.05) is 3.57 Å². The van der Waals surface area contributed by atoms with Crippen molar-refractivity contribution in [2.45, 2.75) is 10.4 Å². The standard InChI is InChI=1S/C9H9F3INO6S2/c10-9(11,12)22(18,19)14(15)5-6-20-21(16,17)8-3-1-7(13)2-4-8/h1-4,14H,5-6H2. The van der Waals surface area contributed by atoms with Gasteiger partial charge >= 0.3 is 15.5 Å². The lowest BCUT2D eigenvalue weighted by molar-refractivity contribution is -0.712. The average molecular weight is 475 g/mol. The second-order valence-electron chi connectivity index (χ2n) is 3.80. The SMILES string of the molecule is O=S(=O)(OCC[NH+]([O-])S(=O)(=O)C(F)(F)F)c1ccc(I)cc1. The highest BCUT2D eigenvalue weighted by Gasteiger charge is 2.51. The monoisotopic (exact) mass is 475 g/mol. The summed E-state index contributed by atoms with van der Waals surface area (Å²) in [5, 5.41) is 11.0. The van der Waals surface area contributed by atoms with Gasteiger partial charge in [-0.25, -0.2) is 0 Å². The molecular weight excluding hydrogens is 466 g/mol. The van der Waals surface area contributed by atoms with E-state index < -0.39 is 43.3 Å². The first-order valence-corrected chi connectivity index (χ1v) is 9.34. The van der Waals surface area contributed by atoms with Crippen LogP contribution in [0.15, 0.2) is 29.2 Å². The van der Waals surface area contributed by atoms with Crippen molar-refractivity contribution in [1.82, 2.24) is 0 Å². The maximum absolute atomic E-state index is 12.1. The Hall–Kier alpha value is -0.480. The molecule has 0 aromatic heterocycles. The van der Waals surface area contributed by atoms with Crippen molar-refractivity contribution >= 4 is 42.7 Å². The predicted octanol–water partition coefficient (Wildman–Crippen LogP) is 0.229. The Labute approximate surface area is 138 Å². The fraction of sp³-hybridized carbons (Fsp3) is 0.333. The minimum absolute atomic E-state index is 0.265. The molecule has 1 unspecified atom stereocenters. The third kappa shape index (κ3) is 4.76. The largest absolute Gasteiger partial charge is 0.618 e. The topological polar surface area (TPSA) is 105 Å². The van der Waals surface area contributed by atoms with Gasteiger partial charge in [-0.1, -0.05) is 0 Å². The molecule has 0 aliphatic carbocycles. The first-order chi connectivity index (χ1) is 9.88. The summed E-state index contributed by atoms with van der Waals surface area (Å²) < 4.78 is 84.0. The number of hydrogen-bond donors (Lipinski definition) is 1. The molecule has 0 bridgehead atoms. The van der Waals surface area contributed by atoms with E-state index in [0.29, 0.717) is 0 Å². The summed E-state index contributed by atoms with van der Waals surface area (Å²) in [6.45, 7) is -2.24. The first-order valence-electron chi connectivity index (χ1n) is 5.37. The van der Waals surface area contributed by atoms with Gasteiger partial charge in [0.1, 0.15) is 13.2 Å². The van der Waals surface area contributed by atoms with Crippen LogP contribution in [-0.4, -0.2) is 35.5 Å². The highest BCUT2D eigenvalue weighted by Crippen LogP contribution is 2.19. The van der Waals surface area contributed by atoms with Crippen LogP contribution in [0.25, 0.3) is 0 Å². The summed E-state index contributed by atoms with van der Waals surface area (Å²) in [5.74, 6) is 0. The zero-order valence-corrected chi connectivity index (χ0v) is 14.3. The summed E-state index contributed by atoms with van der Waals surface area (Å²) >= 11 is 1.92. The highest BCUT2D eigenvalue weighted by molar-refractivity contribution is 14.1. The van der Waals surface area contributed by atoms with Crippen molar-refractivity contribution in [2.24, 2.45) is 0 Å². The van der Waals surface area contributed by atoms with Crippen molar-refractivity contribution in [3.63, 3.8) is 0 Å². The molecule has 0 radical (unpaired) electrons. The van der Waals surface area contributed by atoms with Crippen LogP contribution in [0.1, 0.15) is 0 Å². The lowest BCUT2D eigenvalue weighted by Gasteiger charge is -2.21. The van der Waals surface area contributed by atoms with Crippen molar-refractivity contribution in [3.05, 3.63) is 33.0 Å². The van der Waals surface area contributed by atoms with Crippen molar-refractivity contribution in [1.29, 1.82) is 0 Å². The molecule has 0 aliphatic rings. The molecule has 0 fully saturated rings. The number of benzene rings is 1. The number of rotatable bonds is 6. The number of sulfonamides is 1. The molecule has 7 nitrogen and oxygen atoms in total. The van der Waals surface area contributed by atoms with E-state index in [4.69, 9.17) is 0 Å². The molecule has 126 valence electrons. The van der Waals surface area contributed by atoms with E-state index in [2.05, 4.69) is 4.18 Å². The molecule has 1 atom stereocenters. The third-order valence-corrected chi connectivity index (χ3v) is 5.71. The Balaban J connectivity index is 2.69. The van der Waals surface area contributed by atoms with E-state index in [0.717, 1.165) is 3.57 Å². The molecule has 0 heterocycles. The summed E-state index contributed by atoms with van der Waals surface area (Å²) in [4.78, 5) is -0.265. The minimum atomic E-state index is -5.98. The predicted molar refractivity (Wildman–Crippen MR) is 76.5 cm³/mol. The van der Waals surface area contributed by atoms with E-state index in [1.54, 1.807) is 0 Å². The molecule has 0 amide bonds. The van der Waals surface area contributed by atoms with Crippen LogP contribution in [0.2, 0.25) is 0 Å². The lowest BCUT2D eigenvalue weighted by Crippen LogP contribution is -3.11. The average Bonchev–Trinajstić information content (AvgIpc) is 2.37. The molecule has 0 saturated heterocycles. The third-order valence-electron chi connectivity index (χ3n) is 2.25. The van der Waals surface area contributed by atoms with E-state index in [1.165, 1.54) is 24.3 Å². The number of halogens is 4. The Morgan fingerprint density at radius 2 is 1.64 bits per heavy atom. The molecule has 0 spiro atoms. The summed E-state index contributed by atoms with van der Waals surface area (Å²) in [5.41, 5.74) is -5.72. The van der Waals surface area contributed by atoms with Crippen LogP contribution < -0.4 is 4.47 Å². The minimum Gasteiger partial charge on any atom is -0.618 e. The summed E-state index contributed by atoms with van der Waals surface area (Å²) in [7, 11) is -10.3. The van der Waals surface area contributed by atoms with Gasteiger partial charge < -0.3 is 5.21 Å². The molecule has 0 aliphatic heterocycles. The Kier molecular flexibility index (Phi) is 6.19. The van der Waals surface area contributed by atoms with Gasteiger partial charge in [-0.05, 0) is 46.9 Å².